The number of imidazole rings is 1. The zero-order valence-corrected chi connectivity index (χ0v) is 14.4. The third-order valence-corrected chi connectivity index (χ3v) is 4.57. The lowest BCUT2D eigenvalue weighted by Gasteiger charge is -2.28. The minimum absolute atomic E-state index is 0.497. The largest absolute Gasteiger partial charge is 0.387 e. The molecule has 3 aromatic rings. The molecule has 4 rings (SSSR count). The predicted octanol–water partition coefficient (Wildman–Crippen LogP) is 1.54. The molecule has 1 N–H and O–H groups in total. The second-order valence-electron chi connectivity index (χ2n) is 6.27. The van der Waals surface area contributed by atoms with E-state index in [1.54, 1.807) is 6.20 Å². The molecule has 0 amide bonds. The van der Waals surface area contributed by atoms with E-state index in [2.05, 4.69) is 25.2 Å². The molecule has 3 aromatic heterocycles. The number of hydrogen-bond acceptors (Lipinski definition) is 6. The fourth-order valence-electron chi connectivity index (χ4n) is 3.08. The van der Waals surface area contributed by atoms with Crippen LogP contribution in [-0.2, 0) is 20.1 Å². The van der Waals surface area contributed by atoms with Gasteiger partial charge < -0.3 is 14.6 Å². The maximum Gasteiger partial charge on any atom is 0.160 e. The van der Waals surface area contributed by atoms with Crippen LogP contribution in [0, 0.1) is 0 Å². The average molecular weight is 339 g/mol. The van der Waals surface area contributed by atoms with Gasteiger partial charge in [0.15, 0.2) is 11.6 Å². The van der Waals surface area contributed by atoms with Crippen LogP contribution in [-0.4, -0.2) is 41.2 Å². The van der Waals surface area contributed by atoms with Gasteiger partial charge in [0.05, 0.1) is 30.6 Å². The van der Waals surface area contributed by atoms with Gasteiger partial charge in [-0.1, -0.05) is 6.92 Å². The number of hydrogen-bond donors (Lipinski definition) is 1. The van der Waals surface area contributed by atoms with Crippen molar-refractivity contribution in [2.75, 3.05) is 11.4 Å². The minimum Gasteiger partial charge on any atom is -0.387 e. The number of nitrogens with zero attached hydrogens (tertiary/aromatic N) is 7. The van der Waals surface area contributed by atoms with Crippen molar-refractivity contribution in [3.8, 4) is 11.5 Å². The highest BCUT2D eigenvalue weighted by molar-refractivity contribution is 5.52. The van der Waals surface area contributed by atoms with E-state index in [0.29, 0.717) is 13.0 Å². The van der Waals surface area contributed by atoms with Gasteiger partial charge in [0.25, 0.3) is 0 Å². The normalized spacial score (nSPS) is 15.2. The lowest BCUT2D eigenvalue weighted by molar-refractivity contribution is 0.168. The minimum atomic E-state index is -0.497. The van der Waals surface area contributed by atoms with Crippen molar-refractivity contribution in [1.29, 1.82) is 0 Å². The molecular formula is C17H21N7O. The molecule has 0 aromatic carbocycles. The van der Waals surface area contributed by atoms with E-state index in [0.717, 1.165) is 41.8 Å². The van der Waals surface area contributed by atoms with Crippen LogP contribution < -0.4 is 4.90 Å². The van der Waals surface area contributed by atoms with Gasteiger partial charge in [-0.15, -0.1) is 10.2 Å². The van der Waals surface area contributed by atoms with Gasteiger partial charge in [0, 0.05) is 26.0 Å². The van der Waals surface area contributed by atoms with Crippen molar-refractivity contribution in [3.05, 3.63) is 42.0 Å². The van der Waals surface area contributed by atoms with Crippen molar-refractivity contribution in [1.82, 2.24) is 29.5 Å². The monoisotopic (exact) mass is 339 g/mol. The lowest BCUT2D eigenvalue weighted by atomic mass is 10.2. The number of fused-ring (bicyclic) bond motifs is 1. The van der Waals surface area contributed by atoms with Crippen LogP contribution in [0.25, 0.3) is 11.5 Å². The number of aryl methyl sites for hydroxylation is 1. The van der Waals surface area contributed by atoms with Crippen molar-refractivity contribution in [3.63, 3.8) is 0 Å². The number of rotatable bonds is 4. The number of aromatic nitrogens is 6. The Balaban J connectivity index is 1.53. The van der Waals surface area contributed by atoms with E-state index >= 15 is 0 Å². The van der Waals surface area contributed by atoms with Crippen molar-refractivity contribution in [2.45, 2.75) is 32.5 Å². The van der Waals surface area contributed by atoms with Gasteiger partial charge in [-0.2, -0.15) is 5.10 Å². The number of aliphatic hydroxyl groups excluding tert-OH is 1. The van der Waals surface area contributed by atoms with Crippen LogP contribution >= 0.6 is 0 Å². The van der Waals surface area contributed by atoms with Gasteiger partial charge in [0.2, 0.25) is 0 Å². The molecule has 0 aliphatic carbocycles. The van der Waals surface area contributed by atoms with Crippen LogP contribution in [0.4, 0.5) is 5.82 Å². The fraction of sp³-hybridized carbons (Fsp3) is 0.412. The van der Waals surface area contributed by atoms with Crippen LogP contribution in [0.5, 0.6) is 0 Å². The number of aliphatic hydroxyl groups is 1. The second-order valence-corrected chi connectivity index (χ2v) is 6.27. The van der Waals surface area contributed by atoms with E-state index in [9.17, 15) is 5.11 Å². The van der Waals surface area contributed by atoms with Crippen LogP contribution in [0.2, 0.25) is 0 Å². The van der Waals surface area contributed by atoms with Gasteiger partial charge in [0.1, 0.15) is 5.69 Å². The summed E-state index contributed by atoms with van der Waals surface area (Å²) in [6, 6.07) is 5.91. The summed E-state index contributed by atoms with van der Waals surface area (Å²) < 4.78 is 3.89. The molecule has 0 saturated carbocycles. The smallest absolute Gasteiger partial charge is 0.160 e. The molecule has 1 aliphatic rings. The zero-order valence-electron chi connectivity index (χ0n) is 14.4. The predicted molar refractivity (Wildman–Crippen MR) is 92.8 cm³/mol. The van der Waals surface area contributed by atoms with Crippen molar-refractivity contribution >= 4 is 5.82 Å². The standard InChI is InChI=1S/C17H21N7O/c1-3-15(25)14-10-12-11-23(8-9-24(12)21-14)16-5-4-13(19-20-16)17-18-6-7-22(17)2/h4-7,10,15,25H,3,8-9,11H2,1-2H3/t15-/m0/s1. The van der Waals surface area contributed by atoms with E-state index in [-0.39, 0.29) is 0 Å². The van der Waals surface area contributed by atoms with E-state index < -0.39 is 6.10 Å². The van der Waals surface area contributed by atoms with E-state index in [4.69, 9.17) is 0 Å². The molecule has 4 heterocycles. The van der Waals surface area contributed by atoms with Gasteiger partial charge >= 0.3 is 0 Å². The average Bonchev–Trinajstić information content (AvgIpc) is 3.26. The summed E-state index contributed by atoms with van der Waals surface area (Å²) in [7, 11) is 1.94. The highest BCUT2D eigenvalue weighted by atomic mass is 16.3. The summed E-state index contributed by atoms with van der Waals surface area (Å²) in [5.41, 5.74) is 2.59. The molecule has 0 unspecified atom stereocenters. The Morgan fingerprint density at radius 2 is 2.12 bits per heavy atom. The molecule has 0 bridgehead atoms. The zero-order chi connectivity index (χ0) is 17.4. The van der Waals surface area contributed by atoms with Gasteiger partial charge in [-0.3, -0.25) is 4.68 Å². The van der Waals surface area contributed by atoms with Crippen molar-refractivity contribution in [2.24, 2.45) is 7.05 Å². The maximum absolute atomic E-state index is 9.99. The molecule has 0 saturated heterocycles. The molecule has 0 radical (unpaired) electrons. The van der Waals surface area contributed by atoms with Crippen molar-refractivity contribution < 1.29 is 5.11 Å². The van der Waals surface area contributed by atoms with Crippen LogP contribution in [0.1, 0.15) is 30.8 Å². The molecule has 1 aliphatic heterocycles. The molecule has 8 nitrogen and oxygen atoms in total. The Labute approximate surface area is 145 Å². The Morgan fingerprint density at radius 1 is 1.24 bits per heavy atom. The third kappa shape index (κ3) is 2.89. The first-order chi connectivity index (χ1) is 12.2. The first-order valence-electron chi connectivity index (χ1n) is 8.46. The second kappa shape index (κ2) is 6.29. The molecule has 1 atom stereocenters. The first-order valence-corrected chi connectivity index (χ1v) is 8.46. The topological polar surface area (TPSA) is 84.9 Å². The third-order valence-electron chi connectivity index (χ3n) is 4.57. The molecule has 130 valence electrons. The highest BCUT2D eigenvalue weighted by Gasteiger charge is 2.21. The number of anilines is 1. The maximum atomic E-state index is 9.99. The van der Waals surface area contributed by atoms with E-state index in [1.807, 2.05) is 47.6 Å². The fourth-order valence-corrected chi connectivity index (χ4v) is 3.08. The summed E-state index contributed by atoms with van der Waals surface area (Å²) >= 11 is 0. The first kappa shape index (κ1) is 15.8. The van der Waals surface area contributed by atoms with Crippen LogP contribution in [0.15, 0.2) is 30.6 Å². The Morgan fingerprint density at radius 3 is 2.80 bits per heavy atom. The van der Waals surface area contributed by atoms with E-state index in [1.165, 1.54) is 0 Å². The molecule has 25 heavy (non-hydrogen) atoms. The SMILES string of the molecule is CC[C@H](O)c1cc2n(n1)CCN(c1ccc(-c3nccn3C)nn1)C2. The highest BCUT2D eigenvalue weighted by Crippen LogP contribution is 2.23. The Kier molecular flexibility index (Phi) is 3.96. The quantitative estimate of drug-likeness (QED) is 0.776. The molecule has 0 spiro atoms. The summed E-state index contributed by atoms with van der Waals surface area (Å²) in [4.78, 5) is 6.47. The Hall–Kier alpha value is -2.74. The molecule has 0 fully saturated rings. The summed E-state index contributed by atoms with van der Waals surface area (Å²) in [5.74, 6) is 1.64. The molecular weight excluding hydrogens is 318 g/mol. The summed E-state index contributed by atoms with van der Waals surface area (Å²) in [5, 5.41) is 23.2. The summed E-state index contributed by atoms with van der Waals surface area (Å²) in [6.45, 7) is 4.25. The van der Waals surface area contributed by atoms with Gasteiger partial charge in [-0.25, -0.2) is 4.98 Å². The summed E-state index contributed by atoms with van der Waals surface area (Å²) in [6.07, 6.45) is 3.81. The lowest BCUT2D eigenvalue weighted by Crippen LogP contribution is -2.34. The van der Waals surface area contributed by atoms with Gasteiger partial charge in [-0.05, 0) is 24.6 Å². The van der Waals surface area contributed by atoms with Crippen LogP contribution in [0.3, 0.4) is 0 Å². The molecule has 8 heteroatoms. The Bertz CT molecular complexity index is 868.